The van der Waals surface area contributed by atoms with Gasteiger partial charge in [-0.25, -0.2) is 0 Å². The first kappa shape index (κ1) is 16.4. The molecule has 1 aromatic carbocycles. The van der Waals surface area contributed by atoms with Crippen LogP contribution in [0.2, 0.25) is 0 Å². The third kappa shape index (κ3) is 2.69. The summed E-state index contributed by atoms with van der Waals surface area (Å²) in [6, 6.07) is 8.28. The highest BCUT2D eigenvalue weighted by Crippen LogP contribution is 2.44. The molecule has 0 atom stereocenters. The zero-order valence-corrected chi connectivity index (χ0v) is 12.5. The molecular weight excluding hydrogens is 290 g/mol. The van der Waals surface area contributed by atoms with Crippen molar-refractivity contribution in [3.05, 3.63) is 29.8 Å². The van der Waals surface area contributed by atoms with E-state index in [0.717, 1.165) is 5.56 Å². The highest BCUT2D eigenvalue weighted by molar-refractivity contribution is 5.97. The summed E-state index contributed by atoms with van der Waals surface area (Å²) in [6.07, 6.45) is 0.322. The molecule has 6 heteroatoms. The number of nitriles is 1. The normalized spacial score (nSPS) is 17.3. The van der Waals surface area contributed by atoms with Crippen molar-refractivity contribution < 1.29 is 18.7 Å². The summed E-state index contributed by atoms with van der Waals surface area (Å²) in [5.74, 6) is -5.34. The summed E-state index contributed by atoms with van der Waals surface area (Å²) >= 11 is 0. The van der Waals surface area contributed by atoms with Crippen LogP contribution in [0.1, 0.15) is 38.7 Å². The lowest BCUT2D eigenvalue weighted by atomic mass is 9.75. The molecule has 118 valence electrons. The number of halogens is 2. The fraction of sp³-hybridized carbons (Fsp3) is 0.500. The maximum absolute atomic E-state index is 14.0. The summed E-state index contributed by atoms with van der Waals surface area (Å²) in [6.45, 7) is 3.47. The third-order valence-electron chi connectivity index (χ3n) is 4.19. The van der Waals surface area contributed by atoms with E-state index in [1.54, 1.807) is 26.0 Å². The Bertz CT molecular complexity index is 614. The summed E-state index contributed by atoms with van der Waals surface area (Å²) in [5.41, 5.74) is -2.02. The molecule has 1 aromatic rings. The van der Waals surface area contributed by atoms with Crippen LogP contribution in [0.3, 0.4) is 0 Å². The van der Waals surface area contributed by atoms with E-state index in [0.29, 0.717) is 6.42 Å². The van der Waals surface area contributed by atoms with Crippen molar-refractivity contribution in [3.8, 4) is 6.07 Å². The third-order valence-corrected chi connectivity index (χ3v) is 4.19. The largest absolute Gasteiger partial charge is 0.383 e. The number of rotatable bonds is 4. The molecular formula is C16H18F2N2O2. The van der Waals surface area contributed by atoms with Crippen LogP contribution in [0.25, 0.3) is 0 Å². The molecule has 0 bridgehead atoms. The number of benzene rings is 1. The average molecular weight is 308 g/mol. The van der Waals surface area contributed by atoms with Gasteiger partial charge in [0, 0.05) is 5.69 Å². The smallest absolute Gasteiger partial charge is 0.352 e. The lowest BCUT2D eigenvalue weighted by molar-refractivity contribution is -0.212. The highest BCUT2D eigenvalue weighted by Gasteiger charge is 2.61. The number of alkyl halides is 2. The highest BCUT2D eigenvalue weighted by atomic mass is 19.3. The maximum Gasteiger partial charge on any atom is 0.352 e. The molecule has 0 aliphatic heterocycles. The van der Waals surface area contributed by atoms with Crippen LogP contribution in [0.4, 0.5) is 14.5 Å². The van der Waals surface area contributed by atoms with Gasteiger partial charge in [-0.1, -0.05) is 12.1 Å². The molecule has 0 aromatic heterocycles. The van der Waals surface area contributed by atoms with Crippen LogP contribution in [-0.4, -0.2) is 22.5 Å². The van der Waals surface area contributed by atoms with Gasteiger partial charge >= 0.3 is 5.92 Å². The Morgan fingerprint density at radius 3 is 2.27 bits per heavy atom. The van der Waals surface area contributed by atoms with E-state index >= 15 is 0 Å². The minimum absolute atomic E-state index is 0.0806. The summed E-state index contributed by atoms with van der Waals surface area (Å²) in [4.78, 5) is 11.7. The quantitative estimate of drug-likeness (QED) is 0.898. The van der Waals surface area contributed by atoms with Crippen molar-refractivity contribution >= 4 is 11.6 Å². The molecule has 22 heavy (non-hydrogen) atoms. The Kier molecular flexibility index (Phi) is 3.96. The van der Waals surface area contributed by atoms with Crippen molar-refractivity contribution in [2.45, 2.75) is 50.0 Å². The van der Waals surface area contributed by atoms with Gasteiger partial charge in [-0.2, -0.15) is 14.0 Å². The van der Waals surface area contributed by atoms with Crippen molar-refractivity contribution in [1.29, 1.82) is 5.26 Å². The Hall–Kier alpha value is -2.00. The SMILES string of the molecule is CC(C)(C#N)c1ccc(NC(=O)C(F)(F)C2(O)CCC2)cc1. The van der Waals surface area contributed by atoms with E-state index in [9.17, 15) is 18.7 Å². The van der Waals surface area contributed by atoms with Gasteiger partial charge in [0.25, 0.3) is 5.91 Å². The van der Waals surface area contributed by atoms with Crippen molar-refractivity contribution in [1.82, 2.24) is 0 Å². The topological polar surface area (TPSA) is 73.1 Å². The van der Waals surface area contributed by atoms with Gasteiger partial charge in [-0.05, 0) is 50.8 Å². The van der Waals surface area contributed by atoms with E-state index in [4.69, 9.17) is 5.26 Å². The van der Waals surface area contributed by atoms with Crippen LogP contribution in [0, 0.1) is 11.3 Å². The number of nitrogens with one attached hydrogen (secondary N) is 1. The second kappa shape index (κ2) is 5.33. The van der Waals surface area contributed by atoms with Crippen LogP contribution in [0.15, 0.2) is 24.3 Å². The molecule has 1 aliphatic carbocycles. The first-order valence-electron chi connectivity index (χ1n) is 7.06. The fourth-order valence-electron chi connectivity index (χ4n) is 2.28. The average Bonchev–Trinajstić information content (AvgIpc) is 2.45. The molecule has 1 amide bonds. The minimum Gasteiger partial charge on any atom is -0.383 e. The lowest BCUT2D eigenvalue weighted by Crippen LogP contribution is -2.59. The van der Waals surface area contributed by atoms with E-state index in [1.165, 1.54) is 12.1 Å². The minimum atomic E-state index is -3.82. The first-order chi connectivity index (χ1) is 10.1. The van der Waals surface area contributed by atoms with Crippen molar-refractivity contribution in [3.63, 3.8) is 0 Å². The summed E-state index contributed by atoms with van der Waals surface area (Å²) in [7, 11) is 0. The van der Waals surface area contributed by atoms with E-state index in [1.807, 2.05) is 0 Å². The lowest BCUT2D eigenvalue weighted by Gasteiger charge is -2.41. The van der Waals surface area contributed by atoms with Gasteiger partial charge in [0.15, 0.2) is 0 Å². The molecule has 2 rings (SSSR count). The Balaban J connectivity index is 2.11. The molecule has 0 spiro atoms. The molecule has 1 aliphatic rings. The van der Waals surface area contributed by atoms with Crippen molar-refractivity contribution in [2.24, 2.45) is 0 Å². The van der Waals surface area contributed by atoms with Gasteiger partial charge in [0.2, 0.25) is 0 Å². The maximum atomic E-state index is 14.0. The van der Waals surface area contributed by atoms with Gasteiger partial charge < -0.3 is 10.4 Å². The zero-order valence-electron chi connectivity index (χ0n) is 12.5. The second-order valence-electron chi connectivity index (χ2n) is 6.23. The Morgan fingerprint density at radius 1 is 1.32 bits per heavy atom. The monoisotopic (exact) mass is 308 g/mol. The molecule has 2 N–H and O–H groups in total. The van der Waals surface area contributed by atoms with Crippen LogP contribution in [0.5, 0.6) is 0 Å². The summed E-state index contributed by atoms with van der Waals surface area (Å²) in [5, 5.41) is 20.9. The standard InChI is InChI=1S/C16H18F2N2O2/c1-14(2,10-19)11-4-6-12(7-5-11)20-13(21)16(17,18)15(22)8-3-9-15/h4-7,22H,3,8-9H2,1-2H3,(H,20,21). The number of carbonyl (C=O) groups excluding carboxylic acids is 1. The number of nitrogens with zero attached hydrogens (tertiary/aromatic N) is 1. The van der Waals surface area contributed by atoms with E-state index in [-0.39, 0.29) is 18.5 Å². The molecule has 0 radical (unpaired) electrons. The van der Waals surface area contributed by atoms with Gasteiger partial charge in [-0.15, -0.1) is 0 Å². The van der Waals surface area contributed by atoms with Crippen LogP contribution >= 0.6 is 0 Å². The molecule has 0 unspecified atom stereocenters. The zero-order chi connectivity index (χ0) is 16.6. The number of carbonyl (C=O) groups is 1. The predicted molar refractivity (Wildman–Crippen MR) is 77.5 cm³/mol. The number of amides is 1. The first-order valence-corrected chi connectivity index (χ1v) is 7.06. The summed E-state index contributed by atoms with van der Waals surface area (Å²) < 4.78 is 27.9. The van der Waals surface area contributed by atoms with E-state index in [2.05, 4.69) is 11.4 Å². The molecule has 1 saturated carbocycles. The second-order valence-corrected chi connectivity index (χ2v) is 6.23. The Labute approximate surface area is 127 Å². The number of aliphatic hydroxyl groups is 1. The van der Waals surface area contributed by atoms with Gasteiger partial charge in [-0.3, -0.25) is 4.79 Å². The van der Waals surface area contributed by atoms with Gasteiger partial charge in [0.1, 0.15) is 5.60 Å². The van der Waals surface area contributed by atoms with Crippen LogP contribution < -0.4 is 5.32 Å². The molecule has 0 heterocycles. The fourth-order valence-corrected chi connectivity index (χ4v) is 2.28. The molecule has 1 fully saturated rings. The Morgan fingerprint density at radius 2 is 1.86 bits per heavy atom. The molecule has 0 saturated heterocycles. The molecule has 4 nitrogen and oxygen atoms in total. The van der Waals surface area contributed by atoms with Gasteiger partial charge in [0.05, 0.1) is 11.5 Å². The number of anilines is 1. The number of hydrogen-bond acceptors (Lipinski definition) is 3. The van der Waals surface area contributed by atoms with E-state index < -0.39 is 22.8 Å². The predicted octanol–water partition coefficient (Wildman–Crippen LogP) is 2.98. The number of hydrogen-bond donors (Lipinski definition) is 2. The van der Waals surface area contributed by atoms with Crippen LogP contribution in [-0.2, 0) is 10.2 Å². The van der Waals surface area contributed by atoms with Crippen molar-refractivity contribution in [2.75, 3.05) is 5.32 Å².